The molecule has 1 amide bonds. The van der Waals surface area contributed by atoms with E-state index in [9.17, 15) is 9.59 Å². The first-order chi connectivity index (χ1) is 12.4. The van der Waals surface area contributed by atoms with Crippen molar-refractivity contribution in [1.82, 2.24) is 9.66 Å². The van der Waals surface area contributed by atoms with Crippen molar-refractivity contribution in [1.29, 1.82) is 0 Å². The summed E-state index contributed by atoms with van der Waals surface area (Å²) >= 11 is 17.7. The molecule has 1 heterocycles. The minimum absolute atomic E-state index is 0.205. The molecule has 6 nitrogen and oxygen atoms in total. The number of aryl methyl sites for hydroxylation is 1. The lowest BCUT2D eigenvalue weighted by atomic mass is 10.2. The van der Waals surface area contributed by atoms with Gasteiger partial charge in [0.05, 0.1) is 26.0 Å². The van der Waals surface area contributed by atoms with E-state index in [1.165, 1.54) is 12.1 Å². The molecule has 0 aliphatic heterocycles. The zero-order valence-corrected chi connectivity index (χ0v) is 15.7. The summed E-state index contributed by atoms with van der Waals surface area (Å²) in [5.41, 5.74) is 2.64. The van der Waals surface area contributed by atoms with Crippen LogP contribution in [0.2, 0.25) is 15.1 Å². The summed E-state index contributed by atoms with van der Waals surface area (Å²) in [5, 5.41) is 1.13. The van der Waals surface area contributed by atoms with E-state index < -0.39 is 5.91 Å². The molecule has 0 aliphatic carbocycles. The van der Waals surface area contributed by atoms with Crippen LogP contribution in [0.25, 0.3) is 10.9 Å². The number of para-hydroxylation sites is 1. The van der Waals surface area contributed by atoms with Crippen molar-refractivity contribution >= 4 is 51.6 Å². The molecule has 0 saturated carbocycles. The Morgan fingerprint density at radius 2 is 1.85 bits per heavy atom. The first-order valence-electron chi connectivity index (χ1n) is 7.42. The molecule has 0 bridgehead atoms. The van der Waals surface area contributed by atoms with Gasteiger partial charge in [0, 0.05) is 6.07 Å². The van der Waals surface area contributed by atoms with E-state index in [2.05, 4.69) is 10.4 Å². The zero-order chi connectivity index (χ0) is 18.8. The first-order valence-corrected chi connectivity index (χ1v) is 8.56. The molecule has 0 fully saturated rings. The van der Waals surface area contributed by atoms with Gasteiger partial charge in [-0.2, -0.15) is 0 Å². The van der Waals surface area contributed by atoms with Gasteiger partial charge in [0.1, 0.15) is 11.6 Å². The highest BCUT2D eigenvalue weighted by Gasteiger charge is 2.13. The summed E-state index contributed by atoms with van der Waals surface area (Å²) in [7, 11) is 0. The minimum Gasteiger partial charge on any atom is -0.482 e. The number of amides is 1. The number of ether oxygens (including phenoxy) is 1. The van der Waals surface area contributed by atoms with Crippen molar-refractivity contribution < 1.29 is 9.53 Å². The molecule has 0 aliphatic rings. The molecule has 1 aromatic heterocycles. The Morgan fingerprint density at radius 3 is 2.62 bits per heavy atom. The summed E-state index contributed by atoms with van der Waals surface area (Å²) in [5.74, 6) is -0.0130. The predicted octanol–water partition coefficient (Wildman–Crippen LogP) is 3.81. The molecule has 0 radical (unpaired) electrons. The maximum Gasteiger partial charge on any atom is 0.280 e. The summed E-state index contributed by atoms with van der Waals surface area (Å²) in [6, 6.07) is 9.70. The maximum atomic E-state index is 12.5. The highest BCUT2D eigenvalue weighted by atomic mass is 35.5. The van der Waals surface area contributed by atoms with Crippen LogP contribution >= 0.6 is 34.8 Å². The fourth-order valence-corrected chi connectivity index (χ4v) is 2.88. The van der Waals surface area contributed by atoms with Crippen molar-refractivity contribution in [3.63, 3.8) is 0 Å². The summed E-state index contributed by atoms with van der Waals surface area (Å²) in [4.78, 5) is 29.0. The van der Waals surface area contributed by atoms with Crippen molar-refractivity contribution in [2.45, 2.75) is 6.92 Å². The number of aromatic nitrogens is 2. The Labute approximate surface area is 163 Å². The van der Waals surface area contributed by atoms with E-state index in [0.717, 1.165) is 4.68 Å². The summed E-state index contributed by atoms with van der Waals surface area (Å²) in [6.07, 6.45) is 0. The molecule has 2 aromatic carbocycles. The van der Waals surface area contributed by atoms with Crippen molar-refractivity contribution in [2.24, 2.45) is 0 Å². The molecule has 0 spiro atoms. The highest BCUT2D eigenvalue weighted by molar-refractivity contribution is 6.43. The van der Waals surface area contributed by atoms with Gasteiger partial charge in [-0.05, 0) is 25.1 Å². The molecule has 134 valence electrons. The van der Waals surface area contributed by atoms with Gasteiger partial charge in [-0.25, -0.2) is 9.66 Å². The summed E-state index contributed by atoms with van der Waals surface area (Å²) < 4.78 is 6.42. The summed E-state index contributed by atoms with van der Waals surface area (Å²) in [6.45, 7) is 1.24. The Bertz CT molecular complexity index is 1070. The third-order valence-corrected chi connectivity index (χ3v) is 4.53. The quantitative estimate of drug-likeness (QED) is 0.661. The average molecular weight is 413 g/mol. The smallest absolute Gasteiger partial charge is 0.280 e. The van der Waals surface area contributed by atoms with Crippen molar-refractivity contribution in [2.75, 3.05) is 12.0 Å². The lowest BCUT2D eigenvalue weighted by molar-refractivity contribution is -0.119. The molecule has 3 aromatic rings. The third kappa shape index (κ3) is 3.77. The van der Waals surface area contributed by atoms with E-state index in [1.54, 1.807) is 31.2 Å². The van der Waals surface area contributed by atoms with Gasteiger partial charge in [0.2, 0.25) is 0 Å². The number of halogens is 3. The number of hydrogen-bond acceptors (Lipinski definition) is 4. The number of benzene rings is 2. The molecular weight excluding hydrogens is 401 g/mol. The van der Waals surface area contributed by atoms with Crippen molar-refractivity contribution in [3.05, 3.63) is 67.6 Å². The maximum absolute atomic E-state index is 12.5. The lowest BCUT2D eigenvalue weighted by Crippen LogP contribution is -2.37. The number of fused-ring (bicyclic) bond motifs is 1. The second-order valence-electron chi connectivity index (χ2n) is 5.34. The van der Waals surface area contributed by atoms with Crippen LogP contribution < -0.4 is 15.7 Å². The van der Waals surface area contributed by atoms with E-state index >= 15 is 0 Å². The normalized spacial score (nSPS) is 10.8. The molecule has 1 N–H and O–H groups in total. The molecular formula is C17H12Cl3N3O3. The topological polar surface area (TPSA) is 73.2 Å². The molecule has 0 saturated heterocycles. The van der Waals surface area contributed by atoms with E-state index in [1.807, 2.05) is 0 Å². The molecule has 26 heavy (non-hydrogen) atoms. The van der Waals surface area contributed by atoms with Crippen LogP contribution in [0.5, 0.6) is 5.75 Å². The van der Waals surface area contributed by atoms with E-state index in [0.29, 0.717) is 16.7 Å². The van der Waals surface area contributed by atoms with Gasteiger partial charge in [0.25, 0.3) is 11.5 Å². The van der Waals surface area contributed by atoms with Crippen LogP contribution in [0, 0.1) is 6.92 Å². The Hall–Kier alpha value is -2.28. The van der Waals surface area contributed by atoms with E-state index in [4.69, 9.17) is 39.5 Å². The van der Waals surface area contributed by atoms with Crippen LogP contribution in [0.3, 0.4) is 0 Å². The number of rotatable bonds is 4. The number of hydrogen-bond donors (Lipinski definition) is 1. The van der Waals surface area contributed by atoms with Crippen molar-refractivity contribution in [3.8, 4) is 5.75 Å². The van der Waals surface area contributed by atoms with E-state index in [-0.39, 0.29) is 33.0 Å². The fraction of sp³-hybridized carbons (Fsp3) is 0.118. The highest BCUT2D eigenvalue weighted by Crippen LogP contribution is 2.33. The fourth-order valence-electron chi connectivity index (χ4n) is 2.29. The SMILES string of the molecule is Cc1nc2ccccc2c(=O)n1NC(=O)COc1cc(Cl)c(Cl)cc1Cl. The Balaban J connectivity index is 1.78. The molecule has 0 atom stereocenters. The second kappa shape index (κ2) is 7.53. The number of carbonyl (C=O) groups is 1. The molecule has 3 rings (SSSR count). The van der Waals surface area contributed by atoms with Gasteiger partial charge in [-0.3, -0.25) is 15.0 Å². The number of carbonyl (C=O) groups excluding carboxylic acids is 1. The predicted molar refractivity (Wildman–Crippen MR) is 102 cm³/mol. The van der Waals surface area contributed by atoms with Gasteiger partial charge in [0.15, 0.2) is 6.61 Å². The van der Waals surface area contributed by atoms with Crippen LogP contribution in [0.15, 0.2) is 41.2 Å². The molecule has 9 heteroatoms. The van der Waals surface area contributed by atoms with Crippen LogP contribution in [0.1, 0.15) is 5.82 Å². The molecule has 0 unspecified atom stereocenters. The Kier molecular flexibility index (Phi) is 5.36. The van der Waals surface area contributed by atoms with Gasteiger partial charge in [-0.15, -0.1) is 0 Å². The van der Waals surface area contributed by atoms with Crippen LogP contribution in [-0.2, 0) is 4.79 Å². The second-order valence-corrected chi connectivity index (χ2v) is 6.56. The Morgan fingerprint density at radius 1 is 1.15 bits per heavy atom. The van der Waals surface area contributed by atoms with Crippen LogP contribution in [0.4, 0.5) is 0 Å². The third-order valence-electron chi connectivity index (χ3n) is 3.51. The van der Waals surface area contributed by atoms with Crippen LogP contribution in [-0.4, -0.2) is 22.2 Å². The monoisotopic (exact) mass is 411 g/mol. The average Bonchev–Trinajstić information content (AvgIpc) is 2.60. The minimum atomic E-state index is -0.561. The standard InChI is InChI=1S/C17H12Cl3N3O3/c1-9-21-14-5-3-2-4-10(14)17(25)23(9)22-16(24)8-26-15-7-12(19)11(18)6-13(15)20/h2-7H,8H2,1H3,(H,22,24). The first kappa shape index (κ1) is 18.5. The lowest BCUT2D eigenvalue weighted by Gasteiger charge is -2.13. The van der Waals surface area contributed by atoms with Gasteiger partial charge < -0.3 is 4.74 Å². The zero-order valence-electron chi connectivity index (χ0n) is 13.4. The number of nitrogens with zero attached hydrogens (tertiary/aromatic N) is 2. The number of nitrogens with one attached hydrogen (secondary N) is 1. The van der Waals surface area contributed by atoms with Gasteiger partial charge in [-0.1, -0.05) is 46.9 Å². The largest absolute Gasteiger partial charge is 0.482 e. The van der Waals surface area contributed by atoms with Gasteiger partial charge >= 0.3 is 0 Å².